The van der Waals surface area contributed by atoms with Crippen LogP contribution < -0.4 is 10.2 Å². The summed E-state index contributed by atoms with van der Waals surface area (Å²) >= 11 is 0. The minimum absolute atomic E-state index is 0.506. The van der Waals surface area contributed by atoms with E-state index >= 15 is 0 Å². The topological polar surface area (TPSA) is 52.0 Å². The molecule has 1 N–H and O–H groups in total. The van der Waals surface area contributed by atoms with Crippen molar-refractivity contribution >= 4 is 5.69 Å². The Morgan fingerprint density at radius 2 is 2.00 bits per heavy atom. The van der Waals surface area contributed by atoms with Gasteiger partial charge in [-0.05, 0) is 31.2 Å². The van der Waals surface area contributed by atoms with E-state index in [1.165, 1.54) is 5.69 Å². The molecule has 0 spiro atoms. The van der Waals surface area contributed by atoms with Gasteiger partial charge in [0.25, 0.3) is 0 Å². The van der Waals surface area contributed by atoms with Crippen molar-refractivity contribution in [1.29, 1.82) is 5.26 Å². The van der Waals surface area contributed by atoms with E-state index in [-0.39, 0.29) is 0 Å². The van der Waals surface area contributed by atoms with Crippen LogP contribution in [0.3, 0.4) is 0 Å². The van der Waals surface area contributed by atoms with Gasteiger partial charge in [-0.25, -0.2) is 4.98 Å². The zero-order valence-electron chi connectivity index (χ0n) is 12.3. The highest BCUT2D eigenvalue weighted by Crippen LogP contribution is 2.10. The fourth-order valence-electron chi connectivity index (χ4n) is 2.16. The van der Waals surface area contributed by atoms with Crippen LogP contribution in [0.4, 0.5) is 5.69 Å². The standard InChI is InChI=1S/C17H20N4/c1-21(16-8-3-2-4-9-16)12-6-10-19-14-15-7-5-11-20-17(15)13-18/h2-5,7-9,11,19H,6,10,12,14H2,1H3. The minimum Gasteiger partial charge on any atom is -0.375 e. The summed E-state index contributed by atoms with van der Waals surface area (Å²) in [6.45, 7) is 2.60. The maximum atomic E-state index is 8.97. The minimum atomic E-state index is 0.506. The van der Waals surface area contributed by atoms with Gasteiger partial charge in [0.05, 0.1) is 0 Å². The zero-order chi connectivity index (χ0) is 14.9. The van der Waals surface area contributed by atoms with Crippen LogP contribution in [0.25, 0.3) is 0 Å². The van der Waals surface area contributed by atoms with E-state index in [0.29, 0.717) is 12.2 Å². The molecule has 0 fully saturated rings. The van der Waals surface area contributed by atoms with Crippen molar-refractivity contribution in [2.75, 3.05) is 25.0 Å². The third kappa shape index (κ3) is 4.59. The van der Waals surface area contributed by atoms with Crippen LogP contribution in [-0.2, 0) is 6.54 Å². The number of aromatic nitrogens is 1. The fourth-order valence-corrected chi connectivity index (χ4v) is 2.16. The molecule has 108 valence electrons. The van der Waals surface area contributed by atoms with E-state index in [2.05, 4.69) is 52.6 Å². The summed E-state index contributed by atoms with van der Waals surface area (Å²) in [5.74, 6) is 0. The van der Waals surface area contributed by atoms with Crippen LogP contribution >= 0.6 is 0 Å². The molecule has 0 bridgehead atoms. The van der Waals surface area contributed by atoms with Gasteiger partial charge in [-0.3, -0.25) is 0 Å². The summed E-state index contributed by atoms with van der Waals surface area (Å²) < 4.78 is 0. The zero-order valence-corrected chi connectivity index (χ0v) is 12.3. The predicted molar refractivity (Wildman–Crippen MR) is 85.0 cm³/mol. The molecule has 0 saturated heterocycles. The molecule has 21 heavy (non-hydrogen) atoms. The highest BCUT2D eigenvalue weighted by Gasteiger charge is 2.02. The molecule has 0 aliphatic carbocycles. The molecule has 0 radical (unpaired) electrons. The number of para-hydroxylation sites is 1. The molecule has 1 heterocycles. The van der Waals surface area contributed by atoms with Crippen molar-refractivity contribution in [1.82, 2.24) is 10.3 Å². The number of anilines is 1. The van der Waals surface area contributed by atoms with Crippen molar-refractivity contribution < 1.29 is 0 Å². The van der Waals surface area contributed by atoms with Crippen molar-refractivity contribution in [2.24, 2.45) is 0 Å². The number of hydrogen-bond acceptors (Lipinski definition) is 4. The van der Waals surface area contributed by atoms with Gasteiger partial charge in [-0.1, -0.05) is 24.3 Å². The number of hydrogen-bond donors (Lipinski definition) is 1. The average Bonchev–Trinajstić information content (AvgIpc) is 2.55. The molecule has 0 unspecified atom stereocenters. The third-order valence-corrected chi connectivity index (χ3v) is 3.36. The summed E-state index contributed by atoms with van der Waals surface area (Å²) in [6.07, 6.45) is 2.70. The first-order chi connectivity index (χ1) is 10.3. The lowest BCUT2D eigenvalue weighted by Crippen LogP contribution is -2.23. The van der Waals surface area contributed by atoms with Crippen molar-refractivity contribution in [3.8, 4) is 6.07 Å². The van der Waals surface area contributed by atoms with E-state index < -0.39 is 0 Å². The van der Waals surface area contributed by atoms with E-state index in [1.54, 1.807) is 6.20 Å². The summed E-state index contributed by atoms with van der Waals surface area (Å²) in [5.41, 5.74) is 2.69. The summed E-state index contributed by atoms with van der Waals surface area (Å²) in [4.78, 5) is 6.30. The summed E-state index contributed by atoms with van der Waals surface area (Å²) in [6, 6.07) is 16.3. The van der Waals surface area contributed by atoms with Gasteiger partial charge in [0.1, 0.15) is 11.8 Å². The first-order valence-corrected chi connectivity index (χ1v) is 7.12. The monoisotopic (exact) mass is 280 g/mol. The van der Waals surface area contributed by atoms with E-state index in [0.717, 1.165) is 25.1 Å². The van der Waals surface area contributed by atoms with Gasteiger partial charge in [-0.15, -0.1) is 0 Å². The van der Waals surface area contributed by atoms with Gasteiger partial charge < -0.3 is 10.2 Å². The highest BCUT2D eigenvalue weighted by molar-refractivity contribution is 5.44. The Labute approximate surface area is 126 Å². The molecular formula is C17H20N4. The first-order valence-electron chi connectivity index (χ1n) is 7.12. The molecule has 0 amide bonds. The number of nitriles is 1. The Morgan fingerprint density at radius 1 is 1.19 bits per heavy atom. The van der Waals surface area contributed by atoms with E-state index in [4.69, 9.17) is 5.26 Å². The van der Waals surface area contributed by atoms with E-state index in [1.807, 2.05) is 18.2 Å². The van der Waals surface area contributed by atoms with Crippen molar-refractivity contribution in [3.63, 3.8) is 0 Å². The average molecular weight is 280 g/mol. The number of benzene rings is 1. The lowest BCUT2D eigenvalue weighted by atomic mass is 10.2. The quantitative estimate of drug-likeness (QED) is 0.792. The summed E-state index contributed by atoms with van der Waals surface area (Å²) in [7, 11) is 2.10. The second kappa shape index (κ2) is 8.03. The molecule has 0 atom stereocenters. The van der Waals surface area contributed by atoms with Gasteiger partial charge in [0, 0.05) is 37.6 Å². The lowest BCUT2D eigenvalue weighted by Gasteiger charge is -2.19. The smallest absolute Gasteiger partial charge is 0.144 e. The van der Waals surface area contributed by atoms with Crippen LogP contribution in [0.2, 0.25) is 0 Å². The molecule has 0 saturated carbocycles. The van der Waals surface area contributed by atoms with Crippen LogP contribution in [-0.4, -0.2) is 25.1 Å². The van der Waals surface area contributed by atoms with Crippen LogP contribution in [0.5, 0.6) is 0 Å². The first kappa shape index (κ1) is 15.0. The largest absolute Gasteiger partial charge is 0.375 e. The number of rotatable bonds is 7. The Kier molecular flexibility index (Phi) is 5.74. The molecule has 4 nitrogen and oxygen atoms in total. The fraction of sp³-hybridized carbons (Fsp3) is 0.294. The molecule has 2 rings (SSSR count). The van der Waals surface area contributed by atoms with Crippen LogP contribution in [0.1, 0.15) is 17.7 Å². The van der Waals surface area contributed by atoms with E-state index in [9.17, 15) is 0 Å². The molecular weight excluding hydrogens is 260 g/mol. The molecule has 1 aromatic heterocycles. The summed E-state index contributed by atoms with van der Waals surface area (Å²) in [5, 5.41) is 12.3. The molecule has 1 aromatic carbocycles. The van der Waals surface area contributed by atoms with Crippen LogP contribution in [0.15, 0.2) is 48.7 Å². The SMILES string of the molecule is CN(CCCNCc1cccnc1C#N)c1ccccc1. The highest BCUT2D eigenvalue weighted by atomic mass is 15.1. The Bertz CT molecular complexity index is 589. The van der Waals surface area contributed by atoms with Gasteiger partial charge in [-0.2, -0.15) is 5.26 Å². The van der Waals surface area contributed by atoms with Crippen molar-refractivity contribution in [3.05, 3.63) is 59.9 Å². The Hall–Kier alpha value is -2.38. The molecule has 0 aliphatic heterocycles. The lowest BCUT2D eigenvalue weighted by molar-refractivity contribution is 0.644. The van der Waals surface area contributed by atoms with Crippen molar-refractivity contribution in [2.45, 2.75) is 13.0 Å². The number of pyridine rings is 1. The molecule has 4 heteroatoms. The van der Waals surface area contributed by atoms with Gasteiger partial charge >= 0.3 is 0 Å². The molecule has 2 aromatic rings. The number of nitrogens with one attached hydrogen (secondary N) is 1. The van der Waals surface area contributed by atoms with Gasteiger partial charge in [0.2, 0.25) is 0 Å². The number of nitrogens with zero attached hydrogens (tertiary/aromatic N) is 3. The second-order valence-electron chi connectivity index (χ2n) is 4.91. The normalized spacial score (nSPS) is 10.1. The third-order valence-electron chi connectivity index (χ3n) is 3.36. The Balaban J connectivity index is 1.70. The maximum Gasteiger partial charge on any atom is 0.144 e. The van der Waals surface area contributed by atoms with Crippen LogP contribution in [0, 0.1) is 11.3 Å². The van der Waals surface area contributed by atoms with Gasteiger partial charge in [0.15, 0.2) is 0 Å². The molecule has 0 aliphatic rings. The Morgan fingerprint density at radius 3 is 2.76 bits per heavy atom. The second-order valence-corrected chi connectivity index (χ2v) is 4.91. The predicted octanol–water partition coefficient (Wildman–Crippen LogP) is 2.57. The maximum absolute atomic E-state index is 8.97.